The molecule has 2 N–H and O–H groups in total. The summed E-state index contributed by atoms with van der Waals surface area (Å²) in [4.78, 5) is 4.72. The highest BCUT2D eigenvalue weighted by Gasteiger charge is 2.06. The van der Waals surface area contributed by atoms with Gasteiger partial charge in [-0.2, -0.15) is 0 Å². The lowest BCUT2D eigenvalue weighted by Gasteiger charge is -2.14. The Morgan fingerprint density at radius 1 is 1.15 bits per heavy atom. The van der Waals surface area contributed by atoms with Crippen LogP contribution in [0.2, 0.25) is 0 Å². The second-order valence-corrected chi connectivity index (χ2v) is 6.18. The number of halogens is 1. The van der Waals surface area contributed by atoms with E-state index in [1.54, 1.807) is 13.4 Å². The van der Waals surface area contributed by atoms with Crippen molar-refractivity contribution in [2.24, 2.45) is 4.99 Å². The molecular formula is C20H30IN3O2. The molecule has 144 valence electrons. The molecule has 1 heterocycles. The average molecular weight is 471 g/mol. The normalized spacial score (nSPS) is 12.3. The number of benzene rings is 1. The van der Waals surface area contributed by atoms with Gasteiger partial charge in [-0.05, 0) is 24.6 Å². The van der Waals surface area contributed by atoms with Crippen molar-refractivity contribution in [2.75, 3.05) is 33.4 Å². The summed E-state index contributed by atoms with van der Waals surface area (Å²) in [5.74, 6) is 2.14. The van der Waals surface area contributed by atoms with Gasteiger partial charge in [-0.1, -0.05) is 36.8 Å². The largest absolute Gasteiger partial charge is 0.469 e. The van der Waals surface area contributed by atoms with Crippen LogP contribution >= 0.6 is 24.0 Å². The maximum atomic E-state index is 5.36. The number of ether oxygens (including phenoxy) is 1. The van der Waals surface area contributed by atoms with E-state index in [0.717, 1.165) is 37.8 Å². The van der Waals surface area contributed by atoms with E-state index in [1.165, 1.54) is 11.1 Å². The minimum Gasteiger partial charge on any atom is -0.469 e. The van der Waals surface area contributed by atoms with Crippen LogP contribution in [0.5, 0.6) is 0 Å². The molecule has 0 radical (unpaired) electrons. The molecule has 0 spiro atoms. The minimum absolute atomic E-state index is 0. The molecule has 0 bridgehead atoms. The Labute approximate surface area is 173 Å². The molecule has 0 aliphatic carbocycles. The van der Waals surface area contributed by atoms with Crippen LogP contribution in [0.3, 0.4) is 0 Å². The van der Waals surface area contributed by atoms with E-state index in [4.69, 9.17) is 14.1 Å². The van der Waals surface area contributed by atoms with E-state index in [9.17, 15) is 0 Å². The van der Waals surface area contributed by atoms with E-state index in [2.05, 4.69) is 48.7 Å². The van der Waals surface area contributed by atoms with Gasteiger partial charge in [0.25, 0.3) is 0 Å². The van der Waals surface area contributed by atoms with Crippen molar-refractivity contribution < 1.29 is 9.15 Å². The van der Waals surface area contributed by atoms with Crippen LogP contribution in [-0.4, -0.2) is 39.3 Å². The number of rotatable bonds is 9. The summed E-state index contributed by atoms with van der Waals surface area (Å²) in [7, 11) is 1.70. The van der Waals surface area contributed by atoms with E-state index < -0.39 is 0 Å². The van der Waals surface area contributed by atoms with Crippen molar-refractivity contribution in [1.29, 1.82) is 0 Å². The lowest BCUT2D eigenvalue weighted by Crippen LogP contribution is -2.40. The first-order valence-electron chi connectivity index (χ1n) is 8.79. The van der Waals surface area contributed by atoms with E-state index in [0.29, 0.717) is 12.5 Å². The van der Waals surface area contributed by atoms with Crippen LogP contribution in [0.15, 0.2) is 52.1 Å². The van der Waals surface area contributed by atoms with Gasteiger partial charge in [0.15, 0.2) is 5.96 Å². The smallest absolute Gasteiger partial charge is 0.191 e. The van der Waals surface area contributed by atoms with Gasteiger partial charge >= 0.3 is 0 Å². The zero-order chi connectivity index (χ0) is 17.9. The topological polar surface area (TPSA) is 58.8 Å². The highest BCUT2D eigenvalue weighted by molar-refractivity contribution is 14.0. The number of aryl methyl sites for hydroxylation is 1. The van der Waals surface area contributed by atoms with Gasteiger partial charge in [-0.15, -0.1) is 24.0 Å². The maximum absolute atomic E-state index is 5.36. The zero-order valence-electron chi connectivity index (χ0n) is 15.8. The van der Waals surface area contributed by atoms with Gasteiger partial charge in [0.1, 0.15) is 5.76 Å². The standard InChI is InChI=1S/C20H29N3O2.HI/c1-16-6-8-18(9-7-16)17(2)15-23-20(22-12-14-24-3)21-11-10-19-5-4-13-25-19;/h4-9,13,17H,10-12,14-15H2,1-3H3,(H2,21,22,23);1H. The second kappa shape index (κ2) is 12.8. The van der Waals surface area contributed by atoms with E-state index >= 15 is 0 Å². The first-order valence-corrected chi connectivity index (χ1v) is 8.79. The molecule has 0 aliphatic heterocycles. The first kappa shape index (κ1) is 22.5. The Balaban J connectivity index is 0.00000338. The molecule has 0 saturated carbocycles. The van der Waals surface area contributed by atoms with Crippen LogP contribution in [0.1, 0.15) is 29.7 Å². The number of hydrogen-bond donors (Lipinski definition) is 2. The third-order valence-corrected chi connectivity index (χ3v) is 4.01. The van der Waals surface area contributed by atoms with Crippen molar-refractivity contribution in [3.05, 3.63) is 59.5 Å². The fourth-order valence-corrected chi connectivity index (χ4v) is 2.43. The minimum atomic E-state index is 0. The molecule has 1 aromatic heterocycles. The number of methoxy groups -OCH3 is 1. The Bertz CT molecular complexity index is 627. The molecule has 2 rings (SSSR count). The molecule has 0 saturated heterocycles. The lowest BCUT2D eigenvalue weighted by atomic mass is 10.0. The summed E-state index contributed by atoms with van der Waals surface area (Å²) in [6.07, 6.45) is 2.52. The predicted octanol–water partition coefficient (Wildman–Crippen LogP) is 3.73. The molecule has 6 heteroatoms. The third-order valence-electron chi connectivity index (χ3n) is 4.01. The van der Waals surface area contributed by atoms with Gasteiger partial charge in [0, 0.05) is 39.1 Å². The fraction of sp³-hybridized carbons (Fsp3) is 0.450. The summed E-state index contributed by atoms with van der Waals surface area (Å²) < 4.78 is 10.5. The maximum Gasteiger partial charge on any atom is 0.191 e. The van der Waals surface area contributed by atoms with Crippen LogP contribution in [0.25, 0.3) is 0 Å². The highest BCUT2D eigenvalue weighted by atomic mass is 127. The van der Waals surface area contributed by atoms with Gasteiger partial charge in [-0.3, -0.25) is 4.99 Å². The second-order valence-electron chi connectivity index (χ2n) is 6.18. The Hall–Kier alpha value is -1.54. The first-order chi connectivity index (χ1) is 12.2. The Morgan fingerprint density at radius 3 is 2.54 bits per heavy atom. The van der Waals surface area contributed by atoms with Crippen molar-refractivity contribution >= 4 is 29.9 Å². The van der Waals surface area contributed by atoms with Gasteiger partial charge in [0.05, 0.1) is 12.9 Å². The molecule has 1 atom stereocenters. The third kappa shape index (κ3) is 8.23. The van der Waals surface area contributed by atoms with Gasteiger partial charge in [-0.25, -0.2) is 0 Å². The summed E-state index contributed by atoms with van der Waals surface area (Å²) >= 11 is 0. The molecule has 5 nitrogen and oxygen atoms in total. The van der Waals surface area contributed by atoms with Crippen molar-refractivity contribution in [3.8, 4) is 0 Å². The van der Waals surface area contributed by atoms with Gasteiger partial charge in [0.2, 0.25) is 0 Å². The van der Waals surface area contributed by atoms with E-state index in [1.807, 2.05) is 12.1 Å². The molecular weight excluding hydrogens is 441 g/mol. The summed E-state index contributed by atoms with van der Waals surface area (Å²) in [5.41, 5.74) is 2.59. The molecule has 0 aliphatic rings. The Kier molecular flexibility index (Phi) is 11.0. The summed E-state index contributed by atoms with van der Waals surface area (Å²) in [6, 6.07) is 12.5. The number of aliphatic imine (C=N–C) groups is 1. The van der Waals surface area contributed by atoms with E-state index in [-0.39, 0.29) is 24.0 Å². The van der Waals surface area contributed by atoms with Crippen molar-refractivity contribution in [3.63, 3.8) is 0 Å². The number of hydrogen-bond acceptors (Lipinski definition) is 3. The van der Waals surface area contributed by atoms with Crippen LogP contribution in [0, 0.1) is 6.92 Å². The van der Waals surface area contributed by atoms with Crippen molar-refractivity contribution in [1.82, 2.24) is 10.6 Å². The molecule has 0 fully saturated rings. The number of nitrogens with one attached hydrogen (secondary N) is 2. The van der Waals surface area contributed by atoms with Gasteiger partial charge < -0.3 is 19.8 Å². The quantitative estimate of drug-likeness (QED) is 0.253. The molecule has 1 aromatic carbocycles. The monoisotopic (exact) mass is 471 g/mol. The number of nitrogens with zero attached hydrogens (tertiary/aromatic N) is 1. The highest BCUT2D eigenvalue weighted by Crippen LogP contribution is 2.15. The molecule has 26 heavy (non-hydrogen) atoms. The number of guanidine groups is 1. The fourth-order valence-electron chi connectivity index (χ4n) is 2.43. The lowest BCUT2D eigenvalue weighted by molar-refractivity contribution is 0.203. The number of furan rings is 1. The molecule has 2 aromatic rings. The molecule has 0 amide bonds. The van der Waals surface area contributed by atoms with Crippen LogP contribution in [0.4, 0.5) is 0 Å². The summed E-state index contributed by atoms with van der Waals surface area (Å²) in [5, 5.41) is 6.66. The van der Waals surface area contributed by atoms with Crippen LogP contribution < -0.4 is 10.6 Å². The van der Waals surface area contributed by atoms with Crippen LogP contribution in [-0.2, 0) is 11.2 Å². The molecule has 1 unspecified atom stereocenters. The predicted molar refractivity (Wildman–Crippen MR) is 118 cm³/mol. The SMILES string of the molecule is COCCNC(=NCC(C)c1ccc(C)cc1)NCCc1ccco1.I. The Morgan fingerprint density at radius 2 is 1.88 bits per heavy atom. The average Bonchev–Trinajstić information content (AvgIpc) is 3.13. The zero-order valence-corrected chi connectivity index (χ0v) is 18.2. The summed E-state index contributed by atoms with van der Waals surface area (Å²) in [6.45, 7) is 7.17. The van der Waals surface area contributed by atoms with Crippen molar-refractivity contribution in [2.45, 2.75) is 26.2 Å².